The number of rotatable bonds is 1. The Kier molecular flexibility index (Phi) is 2.24. The molecule has 0 spiro atoms. The Hall–Kier alpha value is -1.40. The molecule has 1 N–H and O–H groups in total. The summed E-state index contributed by atoms with van der Waals surface area (Å²) in [4.78, 5) is 3.95. The Balaban J connectivity index is 2.25. The molecular formula is C10H11N3. The van der Waals surface area contributed by atoms with Gasteiger partial charge in [0, 0.05) is 12.7 Å². The first-order chi connectivity index (χ1) is 6.40. The average Bonchev–Trinajstić information content (AvgIpc) is 2.71. The summed E-state index contributed by atoms with van der Waals surface area (Å²) in [6.45, 7) is 2.10. The van der Waals surface area contributed by atoms with E-state index >= 15 is 0 Å². The number of nitriles is 1. The standard InChI is InChI=1S/C10H11N3/c11-6-10-5-8(2-4-13-10)9-1-3-12-7-9/h2,4-5,9,12H,1,3,7H2. The fraction of sp³-hybridized carbons (Fsp3) is 0.400. The first-order valence-electron chi connectivity index (χ1n) is 4.47. The van der Waals surface area contributed by atoms with Crippen LogP contribution >= 0.6 is 0 Å². The van der Waals surface area contributed by atoms with Crippen molar-refractivity contribution in [2.24, 2.45) is 0 Å². The molecule has 1 aromatic heterocycles. The fourth-order valence-electron chi connectivity index (χ4n) is 1.70. The minimum absolute atomic E-state index is 0.518. The zero-order valence-electron chi connectivity index (χ0n) is 7.33. The van der Waals surface area contributed by atoms with Gasteiger partial charge in [-0.25, -0.2) is 4.98 Å². The molecule has 1 aliphatic heterocycles. The van der Waals surface area contributed by atoms with Gasteiger partial charge in [-0.15, -0.1) is 0 Å². The maximum absolute atomic E-state index is 8.68. The van der Waals surface area contributed by atoms with Gasteiger partial charge in [-0.3, -0.25) is 0 Å². The van der Waals surface area contributed by atoms with Crippen molar-refractivity contribution in [3.63, 3.8) is 0 Å². The van der Waals surface area contributed by atoms with Crippen LogP contribution < -0.4 is 5.32 Å². The summed E-state index contributed by atoms with van der Waals surface area (Å²) in [5, 5.41) is 12.0. The molecule has 1 fully saturated rings. The van der Waals surface area contributed by atoms with Crippen molar-refractivity contribution in [1.82, 2.24) is 10.3 Å². The predicted molar refractivity (Wildman–Crippen MR) is 49.2 cm³/mol. The Bertz CT molecular complexity index is 334. The van der Waals surface area contributed by atoms with E-state index in [2.05, 4.69) is 16.4 Å². The van der Waals surface area contributed by atoms with E-state index in [1.54, 1.807) is 6.20 Å². The van der Waals surface area contributed by atoms with Crippen LogP contribution in [0.1, 0.15) is 23.6 Å². The van der Waals surface area contributed by atoms with Crippen molar-refractivity contribution in [1.29, 1.82) is 5.26 Å². The molecule has 0 radical (unpaired) electrons. The van der Waals surface area contributed by atoms with Crippen molar-refractivity contribution >= 4 is 0 Å². The number of nitrogens with zero attached hydrogens (tertiary/aromatic N) is 2. The summed E-state index contributed by atoms with van der Waals surface area (Å²) < 4.78 is 0. The largest absolute Gasteiger partial charge is 0.316 e. The summed E-state index contributed by atoms with van der Waals surface area (Å²) >= 11 is 0. The Morgan fingerprint density at radius 1 is 1.62 bits per heavy atom. The van der Waals surface area contributed by atoms with Crippen LogP contribution in [0.15, 0.2) is 18.3 Å². The molecule has 2 rings (SSSR count). The first kappa shape index (κ1) is 8.21. The summed E-state index contributed by atoms with van der Waals surface area (Å²) in [7, 11) is 0. The van der Waals surface area contributed by atoms with Crippen LogP contribution in [0, 0.1) is 11.3 Å². The lowest BCUT2D eigenvalue weighted by molar-refractivity contribution is 0.761. The van der Waals surface area contributed by atoms with Crippen LogP contribution in [0.4, 0.5) is 0 Å². The summed E-state index contributed by atoms with van der Waals surface area (Å²) in [6, 6.07) is 5.94. The molecule has 0 aromatic carbocycles. The van der Waals surface area contributed by atoms with E-state index in [0.29, 0.717) is 11.6 Å². The number of hydrogen-bond acceptors (Lipinski definition) is 3. The number of pyridine rings is 1. The number of hydrogen-bond donors (Lipinski definition) is 1. The van der Waals surface area contributed by atoms with E-state index in [-0.39, 0.29) is 0 Å². The third-order valence-electron chi connectivity index (χ3n) is 2.43. The molecule has 1 atom stereocenters. The van der Waals surface area contributed by atoms with Crippen LogP contribution in [0.3, 0.4) is 0 Å². The molecule has 1 aliphatic rings. The minimum atomic E-state index is 0.518. The molecule has 0 saturated carbocycles. The van der Waals surface area contributed by atoms with Crippen LogP contribution in [0.25, 0.3) is 0 Å². The monoisotopic (exact) mass is 173 g/mol. The average molecular weight is 173 g/mol. The zero-order chi connectivity index (χ0) is 9.10. The lowest BCUT2D eigenvalue weighted by Crippen LogP contribution is -2.08. The summed E-state index contributed by atoms with van der Waals surface area (Å²) in [5.74, 6) is 0.565. The summed E-state index contributed by atoms with van der Waals surface area (Å²) in [5.41, 5.74) is 1.75. The Labute approximate surface area is 77.4 Å². The van der Waals surface area contributed by atoms with Crippen molar-refractivity contribution in [3.8, 4) is 6.07 Å². The van der Waals surface area contributed by atoms with E-state index in [1.807, 2.05) is 12.1 Å². The molecule has 1 aromatic rings. The van der Waals surface area contributed by atoms with Gasteiger partial charge in [0.15, 0.2) is 0 Å². The van der Waals surface area contributed by atoms with Gasteiger partial charge in [0.2, 0.25) is 0 Å². The third kappa shape index (κ3) is 1.68. The molecule has 3 nitrogen and oxygen atoms in total. The topological polar surface area (TPSA) is 48.7 Å². The quantitative estimate of drug-likeness (QED) is 0.690. The molecule has 1 unspecified atom stereocenters. The van der Waals surface area contributed by atoms with Gasteiger partial charge in [0.1, 0.15) is 11.8 Å². The lowest BCUT2D eigenvalue weighted by atomic mass is 9.99. The molecular weight excluding hydrogens is 162 g/mol. The predicted octanol–water partition coefficient (Wildman–Crippen LogP) is 1.03. The maximum atomic E-state index is 8.68. The SMILES string of the molecule is N#Cc1cc(C2CCNC2)ccn1. The minimum Gasteiger partial charge on any atom is -0.316 e. The van der Waals surface area contributed by atoms with E-state index in [9.17, 15) is 0 Å². The van der Waals surface area contributed by atoms with E-state index in [1.165, 1.54) is 5.56 Å². The van der Waals surface area contributed by atoms with E-state index in [4.69, 9.17) is 5.26 Å². The molecule has 13 heavy (non-hydrogen) atoms. The first-order valence-corrected chi connectivity index (χ1v) is 4.47. The normalized spacial score (nSPS) is 21.3. The van der Waals surface area contributed by atoms with Crippen LogP contribution in [0.2, 0.25) is 0 Å². The highest BCUT2D eigenvalue weighted by atomic mass is 14.9. The van der Waals surface area contributed by atoms with Crippen LogP contribution in [-0.4, -0.2) is 18.1 Å². The fourth-order valence-corrected chi connectivity index (χ4v) is 1.70. The molecule has 0 bridgehead atoms. The molecule has 0 aliphatic carbocycles. The van der Waals surface area contributed by atoms with Gasteiger partial charge in [-0.2, -0.15) is 5.26 Å². The van der Waals surface area contributed by atoms with Crippen LogP contribution in [0.5, 0.6) is 0 Å². The van der Waals surface area contributed by atoms with Crippen LogP contribution in [-0.2, 0) is 0 Å². The maximum Gasteiger partial charge on any atom is 0.140 e. The molecule has 0 amide bonds. The molecule has 3 heteroatoms. The Morgan fingerprint density at radius 3 is 3.23 bits per heavy atom. The van der Waals surface area contributed by atoms with Crippen molar-refractivity contribution in [2.75, 3.05) is 13.1 Å². The third-order valence-corrected chi connectivity index (χ3v) is 2.43. The molecule has 2 heterocycles. The second-order valence-electron chi connectivity index (χ2n) is 3.28. The molecule has 1 saturated heterocycles. The van der Waals surface area contributed by atoms with Crippen molar-refractivity contribution < 1.29 is 0 Å². The smallest absolute Gasteiger partial charge is 0.140 e. The second kappa shape index (κ2) is 3.55. The number of aromatic nitrogens is 1. The van der Waals surface area contributed by atoms with E-state index in [0.717, 1.165) is 19.5 Å². The second-order valence-corrected chi connectivity index (χ2v) is 3.28. The van der Waals surface area contributed by atoms with Crippen molar-refractivity contribution in [3.05, 3.63) is 29.6 Å². The molecule has 66 valence electrons. The summed E-state index contributed by atoms with van der Waals surface area (Å²) in [6.07, 6.45) is 2.88. The van der Waals surface area contributed by atoms with Crippen molar-refractivity contribution in [2.45, 2.75) is 12.3 Å². The number of nitrogens with one attached hydrogen (secondary N) is 1. The van der Waals surface area contributed by atoms with Gasteiger partial charge in [0.25, 0.3) is 0 Å². The highest BCUT2D eigenvalue weighted by Gasteiger charge is 2.16. The Morgan fingerprint density at radius 2 is 2.54 bits per heavy atom. The van der Waals surface area contributed by atoms with Gasteiger partial charge < -0.3 is 5.32 Å². The van der Waals surface area contributed by atoms with Gasteiger partial charge in [-0.1, -0.05) is 0 Å². The van der Waals surface area contributed by atoms with Gasteiger partial charge >= 0.3 is 0 Å². The van der Waals surface area contributed by atoms with Gasteiger partial charge in [0.05, 0.1) is 0 Å². The zero-order valence-corrected chi connectivity index (χ0v) is 7.33. The highest BCUT2D eigenvalue weighted by Crippen LogP contribution is 2.21. The van der Waals surface area contributed by atoms with Gasteiger partial charge in [-0.05, 0) is 36.6 Å². The lowest BCUT2D eigenvalue weighted by Gasteiger charge is -2.07. The van der Waals surface area contributed by atoms with E-state index < -0.39 is 0 Å². The highest BCUT2D eigenvalue weighted by molar-refractivity contribution is 5.28.